The molecule has 1 aliphatic carbocycles. The quantitative estimate of drug-likeness (QED) is 0.942. The van der Waals surface area contributed by atoms with Crippen LogP contribution in [-0.2, 0) is 19.4 Å². The highest BCUT2D eigenvalue weighted by Gasteiger charge is 2.23. The molecule has 0 spiro atoms. The van der Waals surface area contributed by atoms with E-state index in [1.165, 1.54) is 16.2 Å². The number of nitriles is 1. The number of amides is 1. The van der Waals surface area contributed by atoms with E-state index in [-0.39, 0.29) is 5.91 Å². The van der Waals surface area contributed by atoms with Crippen molar-refractivity contribution < 1.29 is 4.79 Å². The molecule has 0 aliphatic heterocycles. The van der Waals surface area contributed by atoms with Gasteiger partial charge in [0.1, 0.15) is 11.1 Å². The van der Waals surface area contributed by atoms with Crippen LogP contribution in [0.25, 0.3) is 0 Å². The van der Waals surface area contributed by atoms with Gasteiger partial charge in [-0.15, -0.1) is 11.3 Å². The molecule has 0 atom stereocenters. The fourth-order valence-electron chi connectivity index (χ4n) is 2.44. The lowest BCUT2D eigenvalue weighted by molar-refractivity contribution is 0.102. The number of nitrogens with zero attached hydrogens (tertiary/aromatic N) is 3. The van der Waals surface area contributed by atoms with Gasteiger partial charge in [-0.25, -0.2) is 0 Å². The zero-order valence-corrected chi connectivity index (χ0v) is 12.0. The fourth-order valence-corrected chi connectivity index (χ4v) is 3.67. The number of rotatable bonds is 3. The molecule has 2 aromatic heterocycles. The van der Waals surface area contributed by atoms with Gasteiger partial charge in [0, 0.05) is 17.6 Å². The van der Waals surface area contributed by atoms with Crippen molar-refractivity contribution in [3.05, 3.63) is 34.0 Å². The summed E-state index contributed by atoms with van der Waals surface area (Å²) in [6.07, 6.45) is 4.82. The summed E-state index contributed by atoms with van der Waals surface area (Å²) in [6, 6.07) is 3.91. The highest BCUT2D eigenvalue weighted by Crippen LogP contribution is 2.38. The predicted octanol–water partition coefficient (Wildman–Crippen LogP) is 2.58. The maximum absolute atomic E-state index is 12.1. The molecule has 0 unspecified atom stereocenters. The summed E-state index contributed by atoms with van der Waals surface area (Å²) in [4.78, 5) is 13.4. The van der Waals surface area contributed by atoms with Crippen LogP contribution in [0, 0.1) is 11.3 Å². The Balaban J connectivity index is 1.85. The van der Waals surface area contributed by atoms with Gasteiger partial charge < -0.3 is 5.32 Å². The second-order valence-electron chi connectivity index (χ2n) is 4.68. The van der Waals surface area contributed by atoms with Crippen molar-refractivity contribution in [1.29, 1.82) is 5.26 Å². The lowest BCUT2D eigenvalue weighted by Crippen LogP contribution is -2.13. The third-order valence-corrected chi connectivity index (χ3v) is 4.66. The summed E-state index contributed by atoms with van der Waals surface area (Å²) in [7, 11) is 0. The number of hydrogen-bond acceptors (Lipinski definition) is 4. The van der Waals surface area contributed by atoms with Crippen LogP contribution in [0.4, 0.5) is 5.00 Å². The molecule has 102 valence electrons. The summed E-state index contributed by atoms with van der Waals surface area (Å²) < 4.78 is 1.70. The zero-order chi connectivity index (χ0) is 14.1. The van der Waals surface area contributed by atoms with Crippen LogP contribution in [-0.4, -0.2) is 15.7 Å². The van der Waals surface area contributed by atoms with Crippen molar-refractivity contribution in [2.24, 2.45) is 0 Å². The molecular weight excluding hydrogens is 272 g/mol. The number of carbonyl (C=O) groups excluding carboxylic acids is 1. The van der Waals surface area contributed by atoms with E-state index in [1.54, 1.807) is 16.9 Å². The van der Waals surface area contributed by atoms with Crippen LogP contribution < -0.4 is 5.32 Å². The molecule has 1 amide bonds. The first-order valence-corrected chi connectivity index (χ1v) is 7.44. The van der Waals surface area contributed by atoms with E-state index < -0.39 is 0 Å². The number of hydrogen-bond donors (Lipinski definition) is 1. The van der Waals surface area contributed by atoms with E-state index in [2.05, 4.69) is 16.5 Å². The molecular formula is C14H14N4OS. The van der Waals surface area contributed by atoms with E-state index in [9.17, 15) is 10.1 Å². The van der Waals surface area contributed by atoms with Gasteiger partial charge in [0.25, 0.3) is 5.91 Å². The SMILES string of the molecule is CCn1ccc(C(=O)Nc2sc3c(c2C#N)CCC3)n1. The smallest absolute Gasteiger partial charge is 0.276 e. The van der Waals surface area contributed by atoms with Crippen molar-refractivity contribution in [1.82, 2.24) is 9.78 Å². The Bertz CT molecular complexity index is 707. The van der Waals surface area contributed by atoms with Gasteiger partial charge in [0.15, 0.2) is 5.69 Å². The molecule has 0 saturated carbocycles. The average molecular weight is 286 g/mol. The van der Waals surface area contributed by atoms with Gasteiger partial charge in [-0.05, 0) is 37.8 Å². The minimum Gasteiger partial charge on any atom is -0.311 e. The molecule has 3 rings (SSSR count). The number of fused-ring (bicyclic) bond motifs is 1. The number of carbonyl (C=O) groups is 1. The standard InChI is InChI=1S/C14H14N4OS/c1-2-18-7-6-11(17-18)13(19)16-14-10(8-15)9-4-3-5-12(9)20-14/h6-7H,2-5H2,1H3,(H,16,19). The fraction of sp³-hybridized carbons (Fsp3) is 0.357. The zero-order valence-electron chi connectivity index (χ0n) is 11.1. The predicted molar refractivity (Wildman–Crippen MR) is 76.9 cm³/mol. The molecule has 0 radical (unpaired) electrons. The van der Waals surface area contributed by atoms with Crippen molar-refractivity contribution >= 4 is 22.2 Å². The molecule has 0 aromatic carbocycles. The van der Waals surface area contributed by atoms with Gasteiger partial charge in [0.2, 0.25) is 0 Å². The lowest BCUT2D eigenvalue weighted by atomic mass is 10.1. The Labute approximate surface area is 120 Å². The second kappa shape index (κ2) is 5.10. The molecule has 2 aromatic rings. The summed E-state index contributed by atoms with van der Waals surface area (Å²) in [6.45, 7) is 2.69. The van der Waals surface area contributed by atoms with E-state index in [0.717, 1.165) is 31.4 Å². The average Bonchev–Trinajstić information content (AvgIpc) is 3.13. The van der Waals surface area contributed by atoms with Crippen LogP contribution in [0.15, 0.2) is 12.3 Å². The van der Waals surface area contributed by atoms with Gasteiger partial charge >= 0.3 is 0 Å². The molecule has 0 bridgehead atoms. The van der Waals surface area contributed by atoms with Gasteiger partial charge in [-0.1, -0.05) is 0 Å². The van der Waals surface area contributed by atoms with Crippen LogP contribution in [0.5, 0.6) is 0 Å². The minimum atomic E-state index is -0.256. The van der Waals surface area contributed by atoms with Crippen molar-refractivity contribution in [3.63, 3.8) is 0 Å². The minimum absolute atomic E-state index is 0.256. The van der Waals surface area contributed by atoms with Crippen LogP contribution >= 0.6 is 11.3 Å². The van der Waals surface area contributed by atoms with Crippen LogP contribution in [0.1, 0.15) is 39.8 Å². The Morgan fingerprint density at radius 3 is 3.15 bits per heavy atom. The lowest BCUT2D eigenvalue weighted by Gasteiger charge is -2.01. The van der Waals surface area contributed by atoms with E-state index in [0.29, 0.717) is 16.3 Å². The Morgan fingerprint density at radius 1 is 1.60 bits per heavy atom. The monoisotopic (exact) mass is 286 g/mol. The molecule has 6 heteroatoms. The number of nitrogens with one attached hydrogen (secondary N) is 1. The maximum atomic E-state index is 12.1. The number of aromatic nitrogens is 2. The summed E-state index contributed by atoms with van der Waals surface area (Å²) in [5, 5.41) is 16.9. The molecule has 2 heterocycles. The van der Waals surface area contributed by atoms with E-state index >= 15 is 0 Å². The first-order chi connectivity index (χ1) is 9.72. The molecule has 1 N–H and O–H groups in total. The third-order valence-electron chi connectivity index (χ3n) is 3.46. The number of aryl methyl sites for hydroxylation is 2. The van der Waals surface area contributed by atoms with Crippen molar-refractivity contribution in [2.45, 2.75) is 32.7 Å². The Morgan fingerprint density at radius 2 is 2.45 bits per heavy atom. The van der Waals surface area contributed by atoms with Crippen molar-refractivity contribution in [2.75, 3.05) is 5.32 Å². The molecule has 1 aliphatic rings. The third kappa shape index (κ3) is 2.10. The number of anilines is 1. The molecule has 0 saturated heterocycles. The normalized spacial score (nSPS) is 13.0. The molecule has 5 nitrogen and oxygen atoms in total. The van der Waals surface area contributed by atoms with Crippen LogP contribution in [0.2, 0.25) is 0 Å². The largest absolute Gasteiger partial charge is 0.311 e. The molecule has 20 heavy (non-hydrogen) atoms. The highest BCUT2D eigenvalue weighted by molar-refractivity contribution is 7.16. The highest BCUT2D eigenvalue weighted by atomic mass is 32.1. The topological polar surface area (TPSA) is 70.7 Å². The van der Waals surface area contributed by atoms with E-state index in [1.807, 2.05) is 6.92 Å². The van der Waals surface area contributed by atoms with Crippen molar-refractivity contribution in [3.8, 4) is 6.07 Å². The summed E-state index contributed by atoms with van der Waals surface area (Å²) >= 11 is 1.52. The molecule has 0 fully saturated rings. The first kappa shape index (κ1) is 12.9. The Kier molecular flexibility index (Phi) is 3.28. The summed E-state index contributed by atoms with van der Waals surface area (Å²) in [5.74, 6) is -0.256. The maximum Gasteiger partial charge on any atom is 0.276 e. The second-order valence-corrected chi connectivity index (χ2v) is 5.79. The van der Waals surface area contributed by atoms with Crippen LogP contribution in [0.3, 0.4) is 0 Å². The van der Waals surface area contributed by atoms with E-state index in [4.69, 9.17) is 0 Å². The van der Waals surface area contributed by atoms with Gasteiger partial charge in [0.05, 0.1) is 5.56 Å². The number of thiophene rings is 1. The summed E-state index contributed by atoms with van der Waals surface area (Å²) in [5.41, 5.74) is 2.13. The van der Waals surface area contributed by atoms with Gasteiger partial charge in [-0.3, -0.25) is 9.48 Å². The Hall–Kier alpha value is -2.13. The first-order valence-electron chi connectivity index (χ1n) is 6.62. The van der Waals surface area contributed by atoms with Gasteiger partial charge in [-0.2, -0.15) is 10.4 Å².